The number of amides is 1. The van der Waals surface area contributed by atoms with Crippen LogP contribution in [-0.4, -0.2) is 52.2 Å². The topological polar surface area (TPSA) is 43.8 Å². The van der Waals surface area contributed by atoms with Gasteiger partial charge in [0.15, 0.2) is 0 Å². The summed E-state index contributed by atoms with van der Waals surface area (Å²) in [4.78, 5) is 16.7. The lowest BCUT2D eigenvalue weighted by molar-refractivity contribution is -0.234. The Kier molecular flexibility index (Phi) is 2.68. The molecule has 19 heavy (non-hydrogen) atoms. The van der Waals surface area contributed by atoms with Gasteiger partial charge in [0.05, 0.1) is 0 Å². The Morgan fingerprint density at radius 1 is 1.16 bits per heavy atom. The number of fused-ring (bicyclic) bond motifs is 2. The zero-order valence-corrected chi connectivity index (χ0v) is 11.6. The first-order valence-corrected chi connectivity index (χ1v) is 7.97. The van der Waals surface area contributed by atoms with E-state index in [0.717, 1.165) is 25.8 Å². The van der Waals surface area contributed by atoms with Gasteiger partial charge in [0.2, 0.25) is 5.91 Å². The molecule has 0 saturated carbocycles. The van der Waals surface area contributed by atoms with Crippen LogP contribution < -0.4 is 0 Å². The molecule has 1 amide bonds. The zero-order chi connectivity index (χ0) is 13.0. The van der Waals surface area contributed by atoms with E-state index in [-0.39, 0.29) is 5.91 Å². The van der Waals surface area contributed by atoms with Gasteiger partial charge in [-0.05, 0) is 57.5 Å². The summed E-state index contributed by atoms with van der Waals surface area (Å²) in [5.74, 6) is 1.08. The van der Waals surface area contributed by atoms with Gasteiger partial charge in [0.1, 0.15) is 5.72 Å². The molecular formula is C15H24N2O2. The summed E-state index contributed by atoms with van der Waals surface area (Å²) in [6.45, 7) is 3.19. The van der Waals surface area contributed by atoms with Crippen molar-refractivity contribution in [2.24, 2.45) is 11.8 Å². The predicted octanol–water partition coefficient (Wildman–Crippen LogP) is 1.19. The Balaban J connectivity index is 1.72. The van der Waals surface area contributed by atoms with Crippen LogP contribution in [0.1, 0.15) is 44.9 Å². The van der Waals surface area contributed by atoms with Crippen LogP contribution in [0.25, 0.3) is 0 Å². The Morgan fingerprint density at radius 3 is 2.79 bits per heavy atom. The summed E-state index contributed by atoms with van der Waals surface area (Å²) in [6.07, 6.45) is 7.05. The molecular weight excluding hydrogens is 240 g/mol. The molecule has 4 heteroatoms. The normalized spacial score (nSPS) is 46.7. The molecule has 0 aromatic rings. The lowest BCUT2D eigenvalue weighted by Gasteiger charge is -2.62. The van der Waals surface area contributed by atoms with Gasteiger partial charge in [-0.3, -0.25) is 9.69 Å². The van der Waals surface area contributed by atoms with Crippen molar-refractivity contribution in [1.82, 2.24) is 9.80 Å². The fourth-order valence-electron chi connectivity index (χ4n) is 5.27. The fraction of sp³-hybridized carbons (Fsp3) is 0.933. The average Bonchev–Trinajstić information content (AvgIpc) is 2.42. The zero-order valence-electron chi connectivity index (χ0n) is 11.6. The molecule has 4 aliphatic heterocycles. The van der Waals surface area contributed by atoms with Gasteiger partial charge in [-0.2, -0.15) is 0 Å². The number of hydrogen-bond acceptors (Lipinski definition) is 3. The molecule has 0 spiro atoms. The van der Waals surface area contributed by atoms with Gasteiger partial charge < -0.3 is 10.0 Å². The van der Waals surface area contributed by atoms with Gasteiger partial charge in [-0.15, -0.1) is 0 Å². The number of nitrogens with zero attached hydrogens (tertiary/aromatic N) is 2. The van der Waals surface area contributed by atoms with Crippen LogP contribution in [0.5, 0.6) is 0 Å². The molecule has 4 saturated heterocycles. The van der Waals surface area contributed by atoms with Gasteiger partial charge in [-0.1, -0.05) is 0 Å². The van der Waals surface area contributed by atoms with Crippen molar-refractivity contribution >= 4 is 5.91 Å². The molecule has 4 fully saturated rings. The van der Waals surface area contributed by atoms with Crippen LogP contribution >= 0.6 is 0 Å². The van der Waals surface area contributed by atoms with Gasteiger partial charge in [0, 0.05) is 24.9 Å². The first-order valence-electron chi connectivity index (χ1n) is 7.97. The maximum Gasteiger partial charge on any atom is 0.224 e. The van der Waals surface area contributed by atoms with E-state index >= 15 is 0 Å². The van der Waals surface area contributed by atoms with E-state index in [1.54, 1.807) is 0 Å². The molecule has 0 radical (unpaired) electrons. The smallest absolute Gasteiger partial charge is 0.224 e. The molecule has 4 atom stereocenters. The third-order valence-corrected chi connectivity index (χ3v) is 6.01. The highest BCUT2D eigenvalue weighted by Crippen LogP contribution is 2.49. The van der Waals surface area contributed by atoms with E-state index in [1.807, 2.05) is 4.90 Å². The third-order valence-electron chi connectivity index (χ3n) is 6.01. The summed E-state index contributed by atoms with van der Waals surface area (Å²) in [5.41, 5.74) is -0.827. The Bertz CT molecular complexity index is 398. The van der Waals surface area contributed by atoms with Crippen LogP contribution in [-0.2, 0) is 4.79 Å². The number of piperidine rings is 4. The summed E-state index contributed by atoms with van der Waals surface area (Å²) in [6, 6.07) is 0.537. The van der Waals surface area contributed by atoms with E-state index in [4.69, 9.17) is 0 Å². The highest BCUT2D eigenvalue weighted by atomic mass is 16.3. The van der Waals surface area contributed by atoms with Gasteiger partial charge in [0.25, 0.3) is 0 Å². The number of hydrogen-bond donors (Lipinski definition) is 1. The van der Waals surface area contributed by atoms with Crippen molar-refractivity contribution in [3.63, 3.8) is 0 Å². The van der Waals surface area contributed by atoms with Crippen LogP contribution in [0, 0.1) is 11.8 Å². The van der Waals surface area contributed by atoms with Gasteiger partial charge >= 0.3 is 0 Å². The minimum absolute atomic E-state index is 0.190. The van der Waals surface area contributed by atoms with Crippen LogP contribution in [0.2, 0.25) is 0 Å². The third kappa shape index (κ3) is 1.62. The summed E-state index contributed by atoms with van der Waals surface area (Å²) in [7, 11) is 0. The minimum atomic E-state index is -0.827. The van der Waals surface area contributed by atoms with Gasteiger partial charge in [-0.25, -0.2) is 0 Å². The molecule has 4 nitrogen and oxygen atoms in total. The van der Waals surface area contributed by atoms with Crippen LogP contribution in [0.4, 0.5) is 0 Å². The highest BCUT2D eigenvalue weighted by Gasteiger charge is 2.57. The monoisotopic (exact) mass is 264 g/mol. The van der Waals surface area contributed by atoms with Crippen molar-refractivity contribution in [3.8, 4) is 0 Å². The lowest BCUT2D eigenvalue weighted by atomic mass is 9.66. The first-order chi connectivity index (χ1) is 9.20. The van der Waals surface area contributed by atoms with Crippen molar-refractivity contribution in [2.75, 3.05) is 19.6 Å². The second-order valence-corrected chi connectivity index (χ2v) is 6.91. The van der Waals surface area contributed by atoms with Crippen molar-refractivity contribution < 1.29 is 9.90 Å². The van der Waals surface area contributed by atoms with Crippen LogP contribution in [0.3, 0.4) is 0 Å². The molecule has 4 heterocycles. The summed E-state index contributed by atoms with van der Waals surface area (Å²) < 4.78 is 0. The first kappa shape index (κ1) is 12.2. The number of rotatable bonds is 0. The standard InChI is InChI=1S/C15H24N2O2/c18-13-6-1-7-15(19)12-5-3-9-16-8-2-4-11(14(12)16)10-17(13)15/h11-12,14,19H,1-10H2/t11-,12-,14-,15-/m1/s1. The van der Waals surface area contributed by atoms with E-state index in [1.165, 1.54) is 32.4 Å². The largest absolute Gasteiger partial charge is 0.370 e. The molecule has 0 unspecified atom stereocenters. The average molecular weight is 264 g/mol. The van der Waals surface area contributed by atoms with Crippen molar-refractivity contribution in [3.05, 3.63) is 0 Å². The second-order valence-electron chi connectivity index (χ2n) is 6.91. The maximum absolute atomic E-state index is 12.2. The fourth-order valence-corrected chi connectivity index (χ4v) is 5.27. The molecule has 0 aromatic heterocycles. The second kappa shape index (κ2) is 4.19. The van der Waals surface area contributed by atoms with E-state index < -0.39 is 5.72 Å². The Labute approximate surface area is 114 Å². The molecule has 0 aromatic carbocycles. The number of aliphatic hydroxyl groups is 1. The van der Waals surface area contributed by atoms with E-state index in [2.05, 4.69) is 4.90 Å². The molecule has 106 valence electrons. The number of carbonyl (C=O) groups is 1. The predicted molar refractivity (Wildman–Crippen MR) is 71.3 cm³/mol. The lowest BCUT2D eigenvalue weighted by Crippen LogP contribution is -2.72. The molecule has 1 N–H and O–H groups in total. The van der Waals surface area contributed by atoms with Crippen molar-refractivity contribution in [2.45, 2.75) is 56.7 Å². The quantitative estimate of drug-likeness (QED) is 0.715. The SMILES string of the molecule is O=C1CCC[C@@]2(O)[C@@H]3CCCN4CCC[C@H](CN12)[C@H]34. The summed E-state index contributed by atoms with van der Waals surface area (Å²) >= 11 is 0. The number of carbonyl (C=O) groups excluding carboxylic acids is 1. The Hall–Kier alpha value is -0.610. The molecule has 0 bridgehead atoms. The molecule has 4 aliphatic rings. The van der Waals surface area contributed by atoms with Crippen LogP contribution in [0.15, 0.2) is 0 Å². The summed E-state index contributed by atoms with van der Waals surface area (Å²) in [5, 5.41) is 11.2. The van der Waals surface area contributed by atoms with Crippen molar-refractivity contribution in [1.29, 1.82) is 0 Å². The van der Waals surface area contributed by atoms with E-state index in [0.29, 0.717) is 24.3 Å². The highest BCUT2D eigenvalue weighted by molar-refractivity contribution is 5.78. The Morgan fingerprint density at radius 2 is 1.95 bits per heavy atom. The molecule has 4 rings (SSSR count). The van der Waals surface area contributed by atoms with E-state index in [9.17, 15) is 9.90 Å². The molecule has 0 aliphatic carbocycles. The minimum Gasteiger partial charge on any atom is -0.370 e. The maximum atomic E-state index is 12.2.